The van der Waals surface area contributed by atoms with Gasteiger partial charge in [-0.1, -0.05) is 26.0 Å². The SMILES string of the molecule is Cc1ccc(C(C)C)cc1Oc1cc(N)ccn1. The quantitative estimate of drug-likeness (QED) is 0.888. The van der Waals surface area contributed by atoms with E-state index in [4.69, 9.17) is 10.5 Å². The summed E-state index contributed by atoms with van der Waals surface area (Å²) >= 11 is 0. The molecule has 94 valence electrons. The molecule has 0 spiro atoms. The fourth-order valence-electron chi connectivity index (χ4n) is 1.68. The lowest BCUT2D eigenvalue weighted by Gasteiger charge is -2.12. The summed E-state index contributed by atoms with van der Waals surface area (Å²) in [5.74, 6) is 1.83. The highest BCUT2D eigenvalue weighted by Gasteiger charge is 2.06. The molecule has 2 aromatic rings. The first-order chi connectivity index (χ1) is 8.56. The molecule has 0 radical (unpaired) electrons. The molecule has 1 heterocycles. The lowest BCUT2D eigenvalue weighted by atomic mass is 10.0. The van der Waals surface area contributed by atoms with Gasteiger partial charge in [0.05, 0.1) is 0 Å². The fourth-order valence-corrected chi connectivity index (χ4v) is 1.68. The van der Waals surface area contributed by atoms with Gasteiger partial charge in [0, 0.05) is 18.0 Å². The first-order valence-corrected chi connectivity index (χ1v) is 6.06. The van der Waals surface area contributed by atoms with E-state index in [2.05, 4.69) is 37.0 Å². The number of aromatic nitrogens is 1. The number of aryl methyl sites for hydroxylation is 1. The summed E-state index contributed by atoms with van der Waals surface area (Å²) in [6.45, 7) is 6.34. The zero-order valence-corrected chi connectivity index (χ0v) is 11.0. The van der Waals surface area contributed by atoms with Gasteiger partial charge in [-0.3, -0.25) is 0 Å². The zero-order valence-electron chi connectivity index (χ0n) is 11.0. The van der Waals surface area contributed by atoms with Gasteiger partial charge in [0.25, 0.3) is 0 Å². The highest BCUT2D eigenvalue weighted by atomic mass is 16.5. The van der Waals surface area contributed by atoms with E-state index in [-0.39, 0.29) is 0 Å². The standard InChI is InChI=1S/C15H18N2O/c1-10(2)12-5-4-11(3)14(8-12)18-15-9-13(16)6-7-17-15/h4-10H,1-3H3,(H2,16,17). The summed E-state index contributed by atoms with van der Waals surface area (Å²) < 4.78 is 5.79. The number of hydrogen-bond donors (Lipinski definition) is 1. The summed E-state index contributed by atoms with van der Waals surface area (Å²) in [5, 5.41) is 0. The van der Waals surface area contributed by atoms with Gasteiger partial charge in [-0.05, 0) is 36.1 Å². The average Bonchev–Trinajstić information content (AvgIpc) is 2.31. The predicted molar refractivity (Wildman–Crippen MR) is 74.0 cm³/mol. The molecule has 0 amide bonds. The van der Waals surface area contributed by atoms with E-state index in [1.807, 2.05) is 6.92 Å². The second-order valence-electron chi connectivity index (χ2n) is 4.71. The third kappa shape index (κ3) is 2.80. The average molecular weight is 242 g/mol. The van der Waals surface area contributed by atoms with Crippen LogP contribution in [0.2, 0.25) is 0 Å². The van der Waals surface area contributed by atoms with Gasteiger partial charge in [-0.15, -0.1) is 0 Å². The summed E-state index contributed by atoms with van der Waals surface area (Å²) in [7, 11) is 0. The Morgan fingerprint density at radius 1 is 1.17 bits per heavy atom. The van der Waals surface area contributed by atoms with Crippen molar-refractivity contribution in [2.45, 2.75) is 26.7 Å². The lowest BCUT2D eigenvalue weighted by Crippen LogP contribution is -1.94. The summed E-state index contributed by atoms with van der Waals surface area (Å²) in [6.07, 6.45) is 1.65. The molecule has 1 aromatic carbocycles. The van der Waals surface area contributed by atoms with Crippen LogP contribution in [0.25, 0.3) is 0 Å². The highest BCUT2D eigenvalue weighted by molar-refractivity contribution is 5.43. The van der Waals surface area contributed by atoms with Gasteiger partial charge in [-0.2, -0.15) is 0 Å². The van der Waals surface area contributed by atoms with Crippen LogP contribution >= 0.6 is 0 Å². The Balaban J connectivity index is 2.30. The van der Waals surface area contributed by atoms with E-state index in [9.17, 15) is 0 Å². The molecular weight excluding hydrogens is 224 g/mol. The van der Waals surface area contributed by atoms with Crippen molar-refractivity contribution < 1.29 is 4.74 Å². The predicted octanol–water partition coefficient (Wildman–Crippen LogP) is 3.89. The Labute approximate surface area is 108 Å². The number of nitrogens with zero attached hydrogens (tertiary/aromatic N) is 1. The minimum absolute atomic E-state index is 0.474. The zero-order chi connectivity index (χ0) is 13.1. The number of ether oxygens (including phenoxy) is 1. The van der Waals surface area contributed by atoms with Crippen LogP contribution in [0.4, 0.5) is 5.69 Å². The molecule has 0 fully saturated rings. The maximum Gasteiger partial charge on any atom is 0.221 e. The van der Waals surface area contributed by atoms with Crippen molar-refractivity contribution >= 4 is 5.69 Å². The molecule has 1 aromatic heterocycles. The molecule has 0 saturated carbocycles. The maximum atomic E-state index is 5.79. The van der Waals surface area contributed by atoms with Crippen LogP contribution in [-0.2, 0) is 0 Å². The molecule has 0 bridgehead atoms. The molecule has 0 aliphatic heterocycles. The van der Waals surface area contributed by atoms with Gasteiger partial charge in [-0.25, -0.2) is 4.98 Å². The second-order valence-corrected chi connectivity index (χ2v) is 4.71. The molecule has 2 N–H and O–H groups in total. The third-order valence-corrected chi connectivity index (χ3v) is 2.85. The van der Waals surface area contributed by atoms with Crippen LogP contribution in [-0.4, -0.2) is 4.98 Å². The first kappa shape index (κ1) is 12.4. The number of pyridine rings is 1. The summed E-state index contributed by atoms with van der Waals surface area (Å²) in [4.78, 5) is 4.15. The van der Waals surface area contributed by atoms with Crippen molar-refractivity contribution in [1.29, 1.82) is 0 Å². The molecule has 2 rings (SSSR count). The smallest absolute Gasteiger partial charge is 0.221 e. The topological polar surface area (TPSA) is 48.1 Å². The normalized spacial score (nSPS) is 10.7. The molecule has 0 aliphatic rings. The Kier molecular flexibility index (Phi) is 3.51. The molecule has 0 aliphatic carbocycles. The summed E-state index contributed by atoms with van der Waals surface area (Å²) in [6, 6.07) is 9.72. The maximum absolute atomic E-state index is 5.79. The fraction of sp³-hybridized carbons (Fsp3) is 0.267. The minimum atomic E-state index is 0.474. The second kappa shape index (κ2) is 5.08. The number of benzene rings is 1. The van der Waals surface area contributed by atoms with Crippen LogP contribution in [0.3, 0.4) is 0 Å². The largest absolute Gasteiger partial charge is 0.439 e. The minimum Gasteiger partial charge on any atom is -0.439 e. The Hall–Kier alpha value is -2.03. The van der Waals surface area contributed by atoms with E-state index in [0.717, 1.165) is 11.3 Å². The van der Waals surface area contributed by atoms with Crippen molar-refractivity contribution in [3.8, 4) is 11.6 Å². The van der Waals surface area contributed by atoms with Crippen molar-refractivity contribution in [3.05, 3.63) is 47.7 Å². The molecule has 3 nitrogen and oxygen atoms in total. The van der Waals surface area contributed by atoms with E-state index >= 15 is 0 Å². The van der Waals surface area contributed by atoms with Crippen LogP contribution in [0.15, 0.2) is 36.5 Å². The Morgan fingerprint density at radius 3 is 2.61 bits per heavy atom. The van der Waals surface area contributed by atoms with Gasteiger partial charge < -0.3 is 10.5 Å². The summed E-state index contributed by atoms with van der Waals surface area (Å²) in [5.41, 5.74) is 8.70. The Morgan fingerprint density at radius 2 is 1.94 bits per heavy atom. The number of nitrogen functional groups attached to an aromatic ring is 1. The van der Waals surface area contributed by atoms with Crippen LogP contribution in [0.1, 0.15) is 30.9 Å². The van der Waals surface area contributed by atoms with Crippen LogP contribution in [0.5, 0.6) is 11.6 Å². The Bertz CT molecular complexity index is 550. The number of rotatable bonds is 3. The lowest BCUT2D eigenvalue weighted by molar-refractivity contribution is 0.459. The highest BCUT2D eigenvalue weighted by Crippen LogP contribution is 2.28. The van der Waals surface area contributed by atoms with Crippen molar-refractivity contribution in [3.63, 3.8) is 0 Å². The van der Waals surface area contributed by atoms with E-state index in [1.165, 1.54) is 5.56 Å². The molecule has 0 saturated heterocycles. The molecule has 0 atom stereocenters. The van der Waals surface area contributed by atoms with Gasteiger partial charge in [0.15, 0.2) is 0 Å². The van der Waals surface area contributed by atoms with E-state index < -0.39 is 0 Å². The van der Waals surface area contributed by atoms with Crippen LogP contribution in [0, 0.1) is 6.92 Å². The van der Waals surface area contributed by atoms with Crippen molar-refractivity contribution in [2.24, 2.45) is 0 Å². The number of anilines is 1. The molecule has 3 heteroatoms. The van der Waals surface area contributed by atoms with Crippen molar-refractivity contribution in [2.75, 3.05) is 5.73 Å². The molecule has 18 heavy (non-hydrogen) atoms. The molecular formula is C15H18N2O. The first-order valence-electron chi connectivity index (χ1n) is 6.06. The molecule has 0 unspecified atom stereocenters. The monoisotopic (exact) mass is 242 g/mol. The van der Waals surface area contributed by atoms with Gasteiger partial charge in [0.1, 0.15) is 5.75 Å². The van der Waals surface area contributed by atoms with E-state index in [1.54, 1.807) is 18.3 Å². The third-order valence-electron chi connectivity index (χ3n) is 2.85. The van der Waals surface area contributed by atoms with Crippen molar-refractivity contribution in [1.82, 2.24) is 4.98 Å². The van der Waals surface area contributed by atoms with Gasteiger partial charge in [0.2, 0.25) is 5.88 Å². The van der Waals surface area contributed by atoms with Crippen LogP contribution < -0.4 is 10.5 Å². The number of nitrogens with two attached hydrogens (primary N) is 1. The van der Waals surface area contributed by atoms with Gasteiger partial charge >= 0.3 is 0 Å². The van der Waals surface area contributed by atoms with E-state index in [0.29, 0.717) is 17.5 Å². The number of hydrogen-bond acceptors (Lipinski definition) is 3.